The van der Waals surface area contributed by atoms with Crippen molar-refractivity contribution in [3.05, 3.63) is 48.3 Å². The van der Waals surface area contributed by atoms with E-state index >= 15 is 0 Å². The molecule has 1 aromatic carbocycles. The fraction of sp³-hybridized carbons (Fsp3) is 0.333. The Morgan fingerprint density at radius 2 is 2.20 bits per heavy atom. The van der Waals surface area contributed by atoms with Gasteiger partial charge in [-0.2, -0.15) is 0 Å². The van der Waals surface area contributed by atoms with E-state index in [9.17, 15) is 9.18 Å². The molecule has 3 aliphatic heterocycles. The van der Waals surface area contributed by atoms with Gasteiger partial charge in [0, 0.05) is 13.1 Å². The molecule has 1 fully saturated rings. The summed E-state index contributed by atoms with van der Waals surface area (Å²) in [6.07, 6.45) is 3.63. The third kappa shape index (κ3) is 2.65. The first-order valence-corrected chi connectivity index (χ1v) is 8.28. The highest BCUT2D eigenvalue weighted by atomic mass is 19.1. The lowest BCUT2D eigenvalue weighted by Crippen LogP contribution is -2.46. The van der Waals surface area contributed by atoms with E-state index in [-0.39, 0.29) is 23.8 Å². The predicted octanol–water partition coefficient (Wildman–Crippen LogP) is 1.48. The normalized spacial score (nSPS) is 24.8. The lowest BCUT2D eigenvalue weighted by molar-refractivity contribution is -0.125. The number of fused-ring (bicyclic) bond motifs is 1. The minimum atomic E-state index is -0.316. The number of benzene rings is 1. The van der Waals surface area contributed by atoms with Gasteiger partial charge in [-0.3, -0.25) is 14.8 Å². The molecule has 0 saturated carbocycles. The monoisotopic (exact) mass is 339 g/mol. The largest absolute Gasteiger partial charge is 0.337 e. The van der Waals surface area contributed by atoms with Crippen LogP contribution in [-0.4, -0.2) is 65.4 Å². The van der Waals surface area contributed by atoms with Crippen LogP contribution in [-0.2, 0) is 4.79 Å². The molecule has 2 atom stereocenters. The minimum Gasteiger partial charge on any atom is -0.337 e. The van der Waals surface area contributed by atoms with E-state index in [1.807, 2.05) is 4.90 Å². The van der Waals surface area contributed by atoms with Crippen LogP contribution in [0.4, 0.5) is 4.39 Å². The van der Waals surface area contributed by atoms with Gasteiger partial charge in [-0.25, -0.2) is 9.38 Å². The number of hydrogen-bond acceptors (Lipinski definition) is 5. The van der Waals surface area contributed by atoms with Gasteiger partial charge in [-0.1, -0.05) is 18.7 Å². The molecule has 3 heterocycles. The number of carbonyl (C=O) groups excluding carboxylic acids is 1. The second kappa shape index (κ2) is 6.23. The van der Waals surface area contributed by atoms with Crippen molar-refractivity contribution in [3.8, 4) is 0 Å². The van der Waals surface area contributed by atoms with Crippen molar-refractivity contribution in [1.82, 2.24) is 9.80 Å². The van der Waals surface area contributed by atoms with Gasteiger partial charge in [0.05, 0.1) is 18.2 Å². The first-order valence-electron chi connectivity index (χ1n) is 8.28. The van der Waals surface area contributed by atoms with Crippen LogP contribution < -0.4 is 0 Å². The first-order chi connectivity index (χ1) is 12.2. The molecule has 2 unspecified atom stereocenters. The average Bonchev–Trinajstić information content (AvgIpc) is 3.25. The highest BCUT2D eigenvalue weighted by molar-refractivity contribution is 6.17. The van der Waals surface area contributed by atoms with Gasteiger partial charge in [0.2, 0.25) is 5.91 Å². The second-order valence-corrected chi connectivity index (χ2v) is 6.22. The first kappa shape index (κ1) is 15.7. The summed E-state index contributed by atoms with van der Waals surface area (Å²) in [5.74, 6) is 0.953. The summed E-state index contributed by atoms with van der Waals surface area (Å²) < 4.78 is 14.4. The van der Waals surface area contributed by atoms with Crippen molar-refractivity contribution >= 4 is 23.9 Å². The molecule has 1 saturated heterocycles. The van der Waals surface area contributed by atoms with E-state index in [0.29, 0.717) is 31.0 Å². The molecule has 4 rings (SSSR count). The number of hydrogen-bond donors (Lipinski definition) is 0. The summed E-state index contributed by atoms with van der Waals surface area (Å²) >= 11 is 0. The zero-order valence-corrected chi connectivity index (χ0v) is 13.7. The van der Waals surface area contributed by atoms with E-state index in [0.717, 1.165) is 12.3 Å². The van der Waals surface area contributed by atoms with Crippen molar-refractivity contribution in [2.75, 3.05) is 19.6 Å². The number of carbonyl (C=O) groups is 1. The highest BCUT2D eigenvalue weighted by Gasteiger charge is 2.41. The van der Waals surface area contributed by atoms with Gasteiger partial charge in [0.25, 0.3) is 0 Å². The van der Waals surface area contributed by atoms with Crippen LogP contribution in [0.25, 0.3) is 0 Å². The lowest BCUT2D eigenvalue weighted by Gasteiger charge is -2.29. The van der Waals surface area contributed by atoms with Crippen molar-refractivity contribution < 1.29 is 9.18 Å². The summed E-state index contributed by atoms with van der Waals surface area (Å²) in [7, 11) is 0. The third-order valence-electron chi connectivity index (χ3n) is 4.73. The molecule has 1 aromatic rings. The molecule has 7 heteroatoms. The Bertz CT molecular complexity index is 815. The summed E-state index contributed by atoms with van der Waals surface area (Å²) in [5, 5.41) is 0. The van der Waals surface area contributed by atoms with Crippen molar-refractivity contribution in [1.29, 1.82) is 0 Å². The van der Waals surface area contributed by atoms with Crippen LogP contribution in [0.3, 0.4) is 0 Å². The van der Waals surface area contributed by atoms with Crippen molar-refractivity contribution in [3.63, 3.8) is 0 Å². The standard InChI is InChI=1S/C18H18FN5O/c1-2-16(25)23-8-7-12(10-23)24-17(13-5-3-4-6-14(13)19)22-15-9-20-11-21-18(15)24/h2-6,11-12,15H,1,7-10H2. The highest BCUT2D eigenvalue weighted by Crippen LogP contribution is 2.28. The summed E-state index contributed by atoms with van der Waals surface area (Å²) in [4.78, 5) is 28.9. The molecule has 0 bridgehead atoms. The molecule has 0 spiro atoms. The van der Waals surface area contributed by atoms with Gasteiger partial charge in [-0.05, 0) is 24.6 Å². The van der Waals surface area contributed by atoms with Crippen LogP contribution in [0, 0.1) is 5.82 Å². The Balaban J connectivity index is 1.70. The predicted molar refractivity (Wildman–Crippen MR) is 94.5 cm³/mol. The molecule has 128 valence electrons. The third-order valence-corrected chi connectivity index (χ3v) is 4.73. The molecule has 6 nitrogen and oxygen atoms in total. The fourth-order valence-electron chi connectivity index (χ4n) is 3.54. The SMILES string of the molecule is C=CC(=O)N1CCC(N2C(c3ccccc3F)=NC3CN=CN=C32)C1. The zero-order chi connectivity index (χ0) is 17.4. The molecule has 25 heavy (non-hydrogen) atoms. The maximum absolute atomic E-state index is 14.4. The number of nitrogens with zero attached hydrogens (tertiary/aromatic N) is 5. The van der Waals surface area contributed by atoms with Crippen LogP contribution >= 0.6 is 0 Å². The zero-order valence-electron chi connectivity index (χ0n) is 13.7. The van der Waals surface area contributed by atoms with Gasteiger partial charge in [0.1, 0.15) is 29.9 Å². The maximum atomic E-state index is 14.4. The van der Waals surface area contributed by atoms with Gasteiger partial charge >= 0.3 is 0 Å². The molecular weight excluding hydrogens is 321 g/mol. The Hall–Kier alpha value is -2.83. The fourth-order valence-corrected chi connectivity index (χ4v) is 3.54. The molecule has 0 aromatic heterocycles. The van der Waals surface area contributed by atoms with Gasteiger partial charge < -0.3 is 9.80 Å². The summed E-state index contributed by atoms with van der Waals surface area (Å²) in [6.45, 7) is 5.24. The molecular formula is C18H18FN5O. The summed E-state index contributed by atoms with van der Waals surface area (Å²) in [6, 6.07) is 6.43. The van der Waals surface area contributed by atoms with E-state index in [4.69, 9.17) is 4.99 Å². The molecule has 3 aliphatic rings. The van der Waals surface area contributed by atoms with Crippen LogP contribution in [0.2, 0.25) is 0 Å². The van der Waals surface area contributed by atoms with Crippen LogP contribution in [0.1, 0.15) is 12.0 Å². The van der Waals surface area contributed by atoms with Gasteiger partial charge in [0.15, 0.2) is 0 Å². The maximum Gasteiger partial charge on any atom is 0.246 e. The smallest absolute Gasteiger partial charge is 0.246 e. The Morgan fingerprint density at radius 1 is 1.36 bits per heavy atom. The molecule has 0 radical (unpaired) electrons. The van der Waals surface area contributed by atoms with E-state index < -0.39 is 0 Å². The minimum absolute atomic E-state index is 0.0116. The topological polar surface area (TPSA) is 60.6 Å². The number of halogens is 1. The summed E-state index contributed by atoms with van der Waals surface area (Å²) in [5.41, 5.74) is 0.452. The van der Waals surface area contributed by atoms with Crippen molar-refractivity contribution in [2.45, 2.75) is 18.5 Å². The molecule has 1 amide bonds. The number of aliphatic imine (C=N–C) groups is 3. The number of amidine groups is 2. The lowest BCUT2D eigenvalue weighted by atomic mass is 10.1. The quantitative estimate of drug-likeness (QED) is 0.783. The van der Waals surface area contributed by atoms with Crippen LogP contribution in [0.15, 0.2) is 51.9 Å². The Morgan fingerprint density at radius 3 is 3.00 bits per heavy atom. The molecule has 0 aliphatic carbocycles. The number of likely N-dealkylation sites (tertiary alicyclic amines) is 1. The molecule has 0 N–H and O–H groups in total. The van der Waals surface area contributed by atoms with E-state index in [2.05, 4.69) is 16.6 Å². The Kier molecular flexibility index (Phi) is 3.91. The van der Waals surface area contributed by atoms with Gasteiger partial charge in [-0.15, -0.1) is 0 Å². The van der Waals surface area contributed by atoms with E-state index in [1.165, 1.54) is 18.5 Å². The van der Waals surface area contributed by atoms with E-state index in [1.54, 1.807) is 23.1 Å². The Labute approximate surface area is 145 Å². The number of amides is 1. The van der Waals surface area contributed by atoms with Crippen LogP contribution in [0.5, 0.6) is 0 Å². The average molecular weight is 339 g/mol. The number of rotatable bonds is 3. The van der Waals surface area contributed by atoms with Crippen molar-refractivity contribution in [2.24, 2.45) is 15.0 Å². The second-order valence-electron chi connectivity index (χ2n) is 6.22.